The molecule has 1 aliphatic rings. The minimum atomic E-state index is 0.474. The quantitative estimate of drug-likeness (QED) is 0.599. The third-order valence-electron chi connectivity index (χ3n) is 4.11. The minimum Gasteiger partial charge on any atom is -0.497 e. The maximum absolute atomic E-state index is 5.90. The van der Waals surface area contributed by atoms with Gasteiger partial charge in [0.25, 0.3) is 0 Å². The van der Waals surface area contributed by atoms with Crippen molar-refractivity contribution in [3.63, 3.8) is 0 Å². The molecule has 0 aromatic heterocycles. The number of hydrogen-bond acceptors (Lipinski definition) is 2. The van der Waals surface area contributed by atoms with Crippen molar-refractivity contribution in [2.45, 2.75) is 32.6 Å². The van der Waals surface area contributed by atoms with E-state index in [0.29, 0.717) is 11.9 Å². The molecule has 1 aromatic carbocycles. The van der Waals surface area contributed by atoms with E-state index in [4.69, 9.17) is 10.5 Å². The summed E-state index contributed by atoms with van der Waals surface area (Å²) in [4.78, 5) is 4.44. The highest BCUT2D eigenvalue weighted by molar-refractivity contribution is 5.77. The van der Waals surface area contributed by atoms with Crippen molar-refractivity contribution in [2.24, 2.45) is 22.6 Å². The van der Waals surface area contributed by atoms with Crippen LogP contribution >= 0.6 is 0 Å². The number of nitrogens with one attached hydrogen (secondary N) is 1. The summed E-state index contributed by atoms with van der Waals surface area (Å²) in [7, 11) is 1.69. The first-order valence-corrected chi connectivity index (χ1v) is 7.84. The Morgan fingerprint density at radius 2 is 2.10 bits per heavy atom. The predicted octanol–water partition coefficient (Wildman–Crippen LogP) is 2.58. The summed E-state index contributed by atoms with van der Waals surface area (Å²) in [6, 6.07) is 8.22. The van der Waals surface area contributed by atoms with E-state index in [-0.39, 0.29) is 0 Å². The molecule has 3 N–H and O–H groups in total. The van der Waals surface area contributed by atoms with Crippen LogP contribution < -0.4 is 15.8 Å². The van der Waals surface area contributed by atoms with Crippen molar-refractivity contribution < 1.29 is 4.74 Å². The molecule has 1 atom stereocenters. The third-order valence-corrected chi connectivity index (χ3v) is 4.11. The van der Waals surface area contributed by atoms with E-state index < -0.39 is 0 Å². The molecular formula is C17H27N3O. The van der Waals surface area contributed by atoms with Gasteiger partial charge in [0.05, 0.1) is 7.11 Å². The summed E-state index contributed by atoms with van der Waals surface area (Å²) in [6.45, 7) is 3.94. The Morgan fingerprint density at radius 3 is 2.67 bits per heavy atom. The molecule has 1 aliphatic carbocycles. The fourth-order valence-electron chi connectivity index (χ4n) is 2.48. The zero-order valence-corrected chi connectivity index (χ0v) is 13.1. The van der Waals surface area contributed by atoms with Crippen LogP contribution in [-0.2, 0) is 6.42 Å². The highest BCUT2D eigenvalue weighted by Gasteiger charge is 2.16. The summed E-state index contributed by atoms with van der Waals surface area (Å²) in [5, 5.41) is 3.23. The number of methoxy groups -OCH3 is 1. The molecule has 1 aromatic rings. The van der Waals surface area contributed by atoms with Crippen LogP contribution in [0.3, 0.4) is 0 Å². The van der Waals surface area contributed by atoms with Crippen LogP contribution in [0.15, 0.2) is 29.3 Å². The summed E-state index contributed by atoms with van der Waals surface area (Å²) in [5.74, 6) is 2.76. The van der Waals surface area contributed by atoms with Crippen LogP contribution in [0.2, 0.25) is 0 Å². The Kier molecular flexibility index (Phi) is 5.90. The molecular weight excluding hydrogens is 262 g/mol. The highest BCUT2D eigenvalue weighted by Crippen LogP contribution is 2.25. The van der Waals surface area contributed by atoms with Gasteiger partial charge in [-0.1, -0.05) is 25.5 Å². The zero-order valence-electron chi connectivity index (χ0n) is 13.1. The molecule has 0 radical (unpaired) electrons. The SMILES string of the molecule is COc1ccc(CC(C)CN=C(N)NCC2CCC2)cc1. The van der Waals surface area contributed by atoms with Gasteiger partial charge in [-0.15, -0.1) is 0 Å². The molecule has 0 amide bonds. The number of rotatable bonds is 7. The Labute approximate surface area is 127 Å². The van der Waals surface area contributed by atoms with Crippen LogP contribution in [0.4, 0.5) is 0 Å². The number of benzene rings is 1. The fraction of sp³-hybridized carbons (Fsp3) is 0.588. The summed E-state index contributed by atoms with van der Waals surface area (Å²) >= 11 is 0. The molecule has 0 heterocycles. The molecule has 1 fully saturated rings. The van der Waals surface area contributed by atoms with Crippen molar-refractivity contribution in [3.8, 4) is 5.75 Å². The monoisotopic (exact) mass is 289 g/mol. The van der Waals surface area contributed by atoms with E-state index in [0.717, 1.165) is 31.2 Å². The molecule has 116 valence electrons. The Hall–Kier alpha value is -1.71. The minimum absolute atomic E-state index is 0.474. The van der Waals surface area contributed by atoms with Crippen molar-refractivity contribution in [3.05, 3.63) is 29.8 Å². The number of aliphatic imine (C=N–C) groups is 1. The molecule has 2 rings (SSSR count). The molecule has 4 nitrogen and oxygen atoms in total. The number of guanidine groups is 1. The van der Waals surface area contributed by atoms with Gasteiger partial charge < -0.3 is 15.8 Å². The number of ether oxygens (including phenoxy) is 1. The molecule has 0 bridgehead atoms. The average molecular weight is 289 g/mol. The second-order valence-corrected chi connectivity index (χ2v) is 6.06. The fourth-order valence-corrected chi connectivity index (χ4v) is 2.48. The Morgan fingerprint density at radius 1 is 1.38 bits per heavy atom. The van der Waals surface area contributed by atoms with E-state index in [1.807, 2.05) is 12.1 Å². The summed E-state index contributed by atoms with van der Waals surface area (Å²) < 4.78 is 5.17. The van der Waals surface area contributed by atoms with E-state index in [9.17, 15) is 0 Å². The van der Waals surface area contributed by atoms with E-state index in [1.54, 1.807) is 7.11 Å². The maximum atomic E-state index is 5.90. The lowest BCUT2D eigenvalue weighted by Crippen LogP contribution is -2.37. The maximum Gasteiger partial charge on any atom is 0.188 e. The number of nitrogens with two attached hydrogens (primary N) is 1. The molecule has 4 heteroatoms. The molecule has 1 saturated carbocycles. The first-order valence-electron chi connectivity index (χ1n) is 7.84. The third kappa shape index (κ3) is 5.29. The molecule has 1 unspecified atom stereocenters. The topological polar surface area (TPSA) is 59.6 Å². The van der Waals surface area contributed by atoms with Gasteiger partial charge in [-0.05, 0) is 48.8 Å². The Bertz CT molecular complexity index is 452. The van der Waals surface area contributed by atoms with Crippen LogP contribution in [0.25, 0.3) is 0 Å². The lowest BCUT2D eigenvalue weighted by molar-refractivity contribution is 0.315. The van der Waals surface area contributed by atoms with E-state index in [1.165, 1.54) is 24.8 Å². The van der Waals surface area contributed by atoms with Gasteiger partial charge in [0.2, 0.25) is 0 Å². The molecule has 0 spiro atoms. The highest BCUT2D eigenvalue weighted by atomic mass is 16.5. The predicted molar refractivity (Wildman–Crippen MR) is 87.7 cm³/mol. The zero-order chi connectivity index (χ0) is 15.1. The van der Waals surface area contributed by atoms with Gasteiger partial charge in [-0.25, -0.2) is 0 Å². The number of hydrogen-bond donors (Lipinski definition) is 2. The second kappa shape index (κ2) is 7.91. The van der Waals surface area contributed by atoms with E-state index >= 15 is 0 Å². The molecule has 0 saturated heterocycles. The van der Waals surface area contributed by atoms with Gasteiger partial charge in [0.15, 0.2) is 5.96 Å². The lowest BCUT2D eigenvalue weighted by atomic mass is 9.85. The van der Waals surface area contributed by atoms with Crippen LogP contribution in [0.1, 0.15) is 31.7 Å². The number of nitrogens with zero attached hydrogens (tertiary/aromatic N) is 1. The van der Waals surface area contributed by atoms with Gasteiger partial charge in [0.1, 0.15) is 5.75 Å². The van der Waals surface area contributed by atoms with Gasteiger partial charge >= 0.3 is 0 Å². The average Bonchev–Trinajstić information content (AvgIpc) is 2.44. The smallest absolute Gasteiger partial charge is 0.188 e. The largest absolute Gasteiger partial charge is 0.497 e. The summed E-state index contributed by atoms with van der Waals surface area (Å²) in [6.07, 6.45) is 5.02. The summed E-state index contributed by atoms with van der Waals surface area (Å²) in [5.41, 5.74) is 7.21. The van der Waals surface area contributed by atoms with E-state index in [2.05, 4.69) is 29.4 Å². The standard InChI is InChI=1S/C17H27N3O/c1-13(10-14-6-8-16(21-2)9-7-14)11-19-17(18)20-12-15-4-3-5-15/h6-9,13,15H,3-5,10-12H2,1-2H3,(H3,18,19,20). The van der Waals surface area contributed by atoms with Crippen LogP contribution in [-0.4, -0.2) is 26.2 Å². The second-order valence-electron chi connectivity index (χ2n) is 6.06. The Balaban J connectivity index is 1.70. The lowest BCUT2D eigenvalue weighted by Gasteiger charge is -2.25. The van der Waals surface area contributed by atoms with Crippen molar-refractivity contribution >= 4 is 5.96 Å². The first kappa shape index (κ1) is 15.7. The normalized spacial score (nSPS) is 17.1. The van der Waals surface area contributed by atoms with Crippen molar-refractivity contribution in [1.82, 2.24) is 5.32 Å². The molecule has 21 heavy (non-hydrogen) atoms. The molecule has 0 aliphatic heterocycles. The van der Waals surface area contributed by atoms with Crippen molar-refractivity contribution in [2.75, 3.05) is 20.2 Å². The van der Waals surface area contributed by atoms with Gasteiger partial charge in [-0.3, -0.25) is 4.99 Å². The van der Waals surface area contributed by atoms with Crippen LogP contribution in [0, 0.1) is 11.8 Å². The van der Waals surface area contributed by atoms with Gasteiger partial charge in [0, 0.05) is 13.1 Å². The van der Waals surface area contributed by atoms with Gasteiger partial charge in [-0.2, -0.15) is 0 Å². The van der Waals surface area contributed by atoms with Crippen molar-refractivity contribution in [1.29, 1.82) is 0 Å². The van der Waals surface area contributed by atoms with Crippen LogP contribution in [0.5, 0.6) is 5.75 Å². The first-order chi connectivity index (χ1) is 10.2.